The van der Waals surface area contributed by atoms with E-state index in [1.807, 2.05) is 78.9 Å². The molecule has 1 aromatic heterocycles. The molecule has 3 aromatic rings. The number of benzene rings is 2. The summed E-state index contributed by atoms with van der Waals surface area (Å²) in [5.41, 5.74) is 2.09. The zero-order chi connectivity index (χ0) is 16.6. The van der Waals surface area contributed by atoms with Gasteiger partial charge in [0.25, 0.3) is 0 Å². The van der Waals surface area contributed by atoms with Crippen LogP contribution in [-0.4, -0.2) is 10.8 Å². The van der Waals surface area contributed by atoms with Gasteiger partial charge in [-0.15, -0.1) is 0 Å². The Kier molecular flexibility index (Phi) is 5.25. The molecule has 24 heavy (non-hydrogen) atoms. The first-order valence-electron chi connectivity index (χ1n) is 7.89. The van der Waals surface area contributed by atoms with Gasteiger partial charge in [0, 0.05) is 12.6 Å². The van der Waals surface area contributed by atoms with E-state index in [0.717, 1.165) is 16.9 Å². The maximum atomic E-state index is 12.6. The molecule has 3 nitrogen and oxygen atoms in total. The summed E-state index contributed by atoms with van der Waals surface area (Å²) < 4.78 is 5.40. The Morgan fingerprint density at radius 3 is 2.25 bits per heavy atom. The van der Waals surface area contributed by atoms with Crippen molar-refractivity contribution in [2.45, 2.75) is 13.1 Å². The molecule has 0 aliphatic rings. The molecule has 0 saturated heterocycles. The molecule has 0 bridgehead atoms. The van der Waals surface area contributed by atoms with Gasteiger partial charge in [-0.05, 0) is 29.3 Å². The summed E-state index contributed by atoms with van der Waals surface area (Å²) in [6, 6.07) is 23.5. The lowest BCUT2D eigenvalue weighted by molar-refractivity contribution is -0.127. The molecule has 0 saturated carbocycles. The largest absolute Gasteiger partial charge is 0.467 e. The first kappa shape index (κ1) is 15.8. The van der Waals surface area contributed by atoms with Crippen molar-refractivity contribution in [3.05, 3.63) is 102 Å². The highest BCUT2D eigenvalue weighted by Gasteiger charge is 2.13. The van der Waals surface area contributed by atoms with E-state index in [1.54, 1.807) is 17.2 Å². The van der Waals surface area contributed by atoms with Crippen LogP contribution in [0.15, 0.2) is 89.6 Å². The quantitative estimate of drug-likeness (QED) is 0.626. The van der Waals surface area contributed by atoms with Gasteiger partial charge in [-0.1, -0.05) is 60.7 Å². The highest BCUT2D eigenvalue weighted by atomic mass is 16.3. The summed E-state index contributed by atoms with van der Waals surface area (Å²) in [5, 5.41) is 0. The molecular formula is C21H19NO2. The maximum absolute atomic E-state index is 12.6. The molecule has 0 spiro atoms. The van der Waals surface area contributed by atoms with Gasteiger partial charge in [-0.2, -0.15) is 0 Å². The topological polar surface area (TPSA) is 33.5 Å². The normalized spacial score (nSPS) is 10.8. The monoisotopic (exact) mass is 317 g/mol. The molecule has 0 N–H and O–H groups in total. The molecule has 0 atom stereocenters. The van der Waals surface area contributed by atoms with E-state index in [9.17, 15) is 4.79 Å². The lowest BCUT2D eigenvalue weighted by atomic mass is 10.2. The minimum absolute atomic E-state index is 0.0425. The number of carbonyl (C=O) groups excluding carboxylic acids is 1. The zero-order valence-corrected chi connectivity index (χ0v) is 13.3. The van der Waals surface area contributed by atoms with Crippen molar-refractivity contribution in [1.82, 2.24) is 4.90 Å². The summed E-state index contributed by atoms with van der Waals surface area (Å²) in [6.07, 6.45) is 5.07. The van der Waals surface area contributed by atoms with E-state index < -0.39 is 0 Å². The van der Waals surface area contributed by atoms with E-state index in [1.165, 1.54) is 0 Å². The van der Waals surface area contributed by atoms with Gasteiger partial charge in [0.2, 0.25) is 5.91 Å². The van der Waals surface area contributed by atoms with Gasteiger partial charge in [-0.3, -0.25) is 4.79 Å². The van der Waals surface area contributed by atoms with Crippen LogP contribution >= 0.6 is 0 Å². The van der Waals surface area contributed by atoms with Crippen molar-refractivity contribution in [1.29, 1.82) is 0 Å². The Labute approximate surface area is 141 Å². The van der Waals surface area contributed by atoms with Crippen molar-refractivity contribution < 1.29 is 9.21 Å². The Morgan fingerprint density at radius 1 is 0.875 bits per heavy atom. The molecule has 0 fully saturated rings. The van der Waals surface area contributed by atoms with Crippen molar-refractivity contribution in [3.8, 4) is 0 Å². The molecule has 3 heteroatoms. The molecule has 0 radical (unpaired) electrons. The van der Waals surface area contributed by atoms with Gasteiger partial charge in [-0.25, -0.2) is 0 Å². The van der Waals surface area contributed by atoms with Gasteiger partial charge in [0.15, 0.2) is 0 Å². The Morgan fingerprint density at radius 2 is 1.58 bits per heavy atom. The standard InChI is InChI=1S/C21H19NO2/c23-21(14-13-18-8-3-1-4-9-18)22(17-20-12-7-15-24-20)16-19-10-5-2-6-11-19/h1-15H,16-17H2/b14-13+. The second-order valence-electron chi connectivity index (χ2n) is 5.50. The smallest absolute Gasteiger partial charge is 0.247 e. The van der Waals surface area contributed by atoms with Crippen LogP contribution in [0.4, 0.5) is 0 Å². The van der Waals surface area contributed by atoms with Gasteiger partial charge in [0.1, 0.15) is 5.76 Å². The molecule has 1 heterocycles. The van der Waals surface area contributed by atoms with E-state index in [4.69, 9.17) is 4.42 Å². The highest BCUT2D eigenvalue weighted by Crippen LogP contribution is 2.12. The van der Waals surface area contributed by atoms with Crippen molar-refractivity contribution in [2.24, 2.45) is 0 Å². The molecule has 2 aromatic carbocycles. The van der Waals surface area contributed by atoms with Crippen molar-refractivity contribution >= 4 is 12.0 Å². The number of rotatable bonds is 6. The predicted octanol–water partition coefficient (Wildman–Crippen LogP) is 4.52. The third kappa shape index (κ3) is 4.46. The van der Waals surface area contributed by atoms with Crippen LogP contribution in [0.5, 0.6) is 0 Å². The number of amides is 1. The Bertz CT molecular complexity index is 777. The second kappa shape index (κ2) is 7.97. The summed E-state index contributed by atoms with van der Waals surface area (Å²) in [6.45, 7) is 0.985. The zero-order valence-electron chi connectivity index (χ0n) is 13.3. The number of nitrogens with zero attached hydrogens (tertiary/aromatic N) is 1. The van der Waals surface area contributed by atoms with Crippen LogP contribution < -0.4 is 0 Å². The number of furan rings is 1. The van der Waals surface area contributed by atoms with Gasteiger partial charge < -0.3 is 9.32 Å². The lowest BCUT2D eigenvalue weighted by Crippen LogP contribution is -2.28. The SMILES string of the molecule is O=C(/C=C/c1ccccc1)N(Cc1ccccc1)Cc1ccco1. The molecule has 0 aliphatic heterocycles. The molecule has 0 unspecified atom stereocenters. The first-order chi connectivity index (χ1) is 11.8. The molecule has 120 valence electrons. The third-order valence-electron chi connectivity index (χ3n) is 3.67. The number of hydrogen-bond donors (Lipinski definition) is 0. The highest BCUT2D eigenvalue weighted by molar-refractivity contribution is 5.91. The number of carbonyl (C=O) groups is 1. The summed E-state index contributed by atoms with van der Waals surface area (Å²) in [4.78, 5) is 14.4. The third-order valence-corrected chi connectivity index (χ3v) is 3.67. The summed E-state index contributed by atoms with van der Waals surface area (Å²) in [7, 11) is 0. The Balaban J connectivity index is 1.75. The van der Waals surface area contributed by atoms with Crippen molar-refractivity contribution in [3.63, 3.8) is 0 Å². The molecule has 0 aliphatic carbocycles. The van der Waals surface area contributed by atoms with Crippen LogP contribution in [-0.2, 0) is 17.9 Å². The van der Waals surface area contributed by atoms with Crippen LogP contribution in [0.25, 0.3) is 6.08 Å². The maximum Gasteiger partial charge on any atom is 0.247 e. The predicted molar refractivity (Wildman–Crippen MR) is 94.9 cm³/mol. The van der Waals surface area contributed by atoms with Crippen LogP contribution in [0.3, 0.4) is 0 Å². The summed E-state index contributed by atoms with van der Waals surface area (Å²) in [5.74, 6) is 0.728. The average Bonchev–Trinajstić information content (AvgIpc) is 3.14. The van der Waals surface area contributed by atoms with E-state index >= 15 is 0 Å². The van der Waals surface area contributed by atoms with Gasteiger partial charge >= 0.3 is 0 Å². The molecule has 3 rings (SSSR count). The summed E-state index contributed by atoms with van der Waals surface area (Å²) >= 11 is 0. The number of hydrogen-bond acceptors (Lipinski definition) is 2. The van der Waals surface area contributed by atoms with Crippen LogP contribution in [0.2, 0.25) is 0 Å². The lowest BCUT2D eigenvalue weighted by Gasteiger charge is -2.20. The minimum Gasteiger partial charge on any atom is -0.467 e. The minimum atomic E-state index is -0.0425. The van der Waals surface area contributed by atoms with Crippen molar-refractivity contribution in [2.75, 3.05) is 0 Å². The van der Waals surface area contributed by atoms with E-state index in [-0.39, 0.29) is 5.91 Å². The Hall–Kier alpha value is -3.07. The van der Waals surface area contributed by atoms with Crippen LogP contribution in [0.1, 0.15) is 16.9 Å². The first-order valence-corrected chi connectivity index (χ1v) is 7.89. The fraction of sp³-hybridized carbons (Fsp3) is 0.0952. The molecule has 1 amide bonds. The van der Waals surface area contributed by atoms with Gasteiger partial charge in [0.05, 0.1) is 12.8 Å². The average molecular weight is 317 g/mol. The molecular weight excluding hydrogens is 298 g/mol. The van der Waals surface area contributed by atoms with E-state index in [0.29, 0.717) is 13.1 Å². The fourth-order valence-corrected chi connectivity index (χ4v) is 2.44. The van der Waals surface area contributed by atoms with Crippen LogP contribution in [0, 0.1) is 0 Å². The van der Waals surface area contributed by atoms with E-state index in [2.05, 4.69) is 0 Å². The fourth-order valence-electron chi connectivity index (χ4n) is 2.44. The second-order valence-corrected chi connectivity index (χ2v) is 5.50.